The first-order valence-electron chi connectivity index (χ1n) is 12.8. The molecule has 3 aromatic carbocycles. The van der Waals surface area contributed by atoms with Gasteiger partial charge in [-0.05, 0) is 54.1 Å². The zero-order valence-electron chi connectivity index (χ0n) is 23.0. The van der Waals surface area contributed by atoms with Crippen molar-refractivity contribution in [3.8, 4) is 17.2 Å². The molecule has 0 saturated carbocycles. The van der Waals surface area contributed by atoms with Gasteiger partial charge >= 0.3 is 0 Å². The summed E-state index contributed by atoms with van der Waals surface area (Å²) < 4.78 is 27.8. The quantitative estimate of drug-likeness (QED) is 0.188. The molecule has 0 spiro atoms. The second kappa shape index (κ2) is 13.0. The third-order valence-corrected chi connectivity index (χ3v) is 6.83. The van der Waals surface area contributed by atoms with Crippen LogP contribution >= 0.6 is 11.8 Å². The van der Waals surface area contributed by atoms with Gasteiger partial charge in [-0.25, -0.2) is 4.98 Å². The number of fused-ring (bicyclic) bond motifs is 1. The highest BCUT2D eigenvalue weighted by molar-refractivity contribution is 7.99. The van der Waals surface area contributed by atoms with E-state index in [-0.39, 0.29) is 12.2 Å². The van der Waals surface area contributed by atoms with Gasteiger partial charge in [0.15, 0.2) is 22.2 Å². The standard InChI is InChI=1S/C31H27N3O7S/c1-37-25-15-19(16-26(38-2)28(25)39-3)18-32-30(36)23(33-29(35)20-9-5-4-6-10-20)17-21-13-14-27(40-21)42-31-34-22-11-7-8-12-24(22)41-31/h4-17H,18H2,1-3H3,(H,32,36)(H,33,35). The zero-order chi connectivity index (χ0) is 29.5. The van der Waals surface area contributed by atoms with Crippen molar-refractivity contribution in [1.82, 2.24) is 15.6 Å². The molecular weight excluding hydrogens is 558 g/mol. The van der Waals surface area contributed by atoms with Gasteiger partial charge in [0.05, 0.1) is 21.3 Å². The normalized spacial score (nSPS) is 11.3. The van der Waals surface area contributed by atoms with Crippen molar-refractivity contribution in [3.05, 3.63) is 101 Å². The number of benzene rings is 3. The Morgan fingerprint density at radius 3 is 2.29 bits per heavy atom. The first-order valence-corrected chi connectivity index (χ1v) is 13.6. The lowest BCUT2D eigenvalue weighted by Gasteiger charge is -2.15. The van der Waals surface area contributed by atoms with E-state index in [1.807, 2.05) is 24.3 Å². The molecule has 2 aromatic heterocycles. The summed E-state index contributed by atoms with van der Waals surface area (Å²) >= 11 is 1.20. The van der Waals surface area contributed by atoms with Crippen LogP contribution in [0.15, 0.2) is 104 Å². The number of furan rings is 1. The number of aromatic nitrogens is 1. The number of hydrogen-bond donors (Lipinski definition) is 2. The summed E-state index contributed by atoms with van der Waals surface area (Å²) in [6.07, 6.45) is 1.46. The van der Waals surface area contributed by atoms with E-state index < -0.39 is 11.8 Å². The predicted octanol–water partition coefficient (Wildman–Crippen LogP) is 5.69. The number of hydrogen-bond acceptors (Lipinski definition) is 9. The van der Waals surface area contributed by atoms with Crippen molar-refractivity contribution in [1.29, 1.82) is 0 Å². The van der Waals surface area contributed by atoms with Gasteiger partial charge in [-0.2, -0.15) is 0 Å². The molecular formula is C31H27N3O7S. The lowest BCUT2D eigenvalue weighted by atomic mass is 10.1. The summed E-state index contributed by atoms with van der Waals surface area (Å²) in [7, 11) is 4.54. The summed E-state index contributed by atoms with van der Waals surface area (Å²) in [5.74, 6) is 0.715. The van der Waals surface area contributed by atoms with Gasteiger partial charge in [0.25, 0.3) is 17.0 Å². The van der Waals surface area contributed by atoms with Crippen molar-refractivity contribution in [2.45, 2.75) is 16.9 Å². The molecule has 0 bridgehead atoms. The topological polar surface area (TPSA) is 125 Å². The van der Waals surface area contributed by atoms with Crippen molar-refractivity contribution in [2.75, 3.05) is 21.3 Å². The first kappa shape index (κ1) is 28.4. The Kier molecular flexibility index (Phi) is 8.78. The molecule has 2 heterocycles. The van der Waals surface area contributed by atoms with Crippen molar-refractivity contribution < 1.29 is 32.6 Å². The summed E-state index contributed by atoms with van der Waals surface area (Å²) in [6.45, 7) is 0.116. The maximum absolute atomic E-state index is 13.4. The molecule has 2 amide bonds. The number of amides is 2. The number of nitrogens with zero attached hydrogens (tertiary/aromatic N) is 1. The van der Waals surface area contributed by atoms with Crippen LogP contribution in [0.3, 0.4) is 0 Å². The molecule has 0 atom stereocenters. The Hall–Kier alpha value is -5.16. The van der Waals surface area contributed by atoms with E-state index in [4.69, 9.17) is 23.0 Å². The highest BCUT2D eigenvalue weighted by atomic mass is 32.2. The lowest BCUT2D eigenvalue weighted by molar-refractivity contribution is -0.117. The van der Waals surface area contributed by atoms with Crippen LogP contribution in [0.25, 0.3) is 17.2 Å². The average molecular weight is 586 g/mol. The van der Waals surface area contributed by atoms with Crippen LogP contribution in [0.4, 0.5) is 0 Å². The van der Waals surface area contributed by atoms with Crippen molar-refractivity contribution in [3.63, 3.8) is 0 Å². The number of ether oxygens (including phenoxy) is 3. The summed E-state index contributed by atoms with van der Waals surface area (Å²) in [5, 5.41) is 6.45. The minimum atomic E-state index is -0.530. The number of carbonyl (C=O) groups excluding carboxylic acids is 2. The number of methoxy groups -OCH3 is 3. The number of oxazole rings is 1. The smallest absolute Gasteiger partial charge is 0.268 e. The van der Waals surface area contributed by atoms with Gasteiger partial charge in [0.1, 0.15) is 17.0 Å². The highest BCUT2D eigenvalue weighted by Gasteiger charge is 2.18. The van der Waals surface area contributed by atoms with Crippen LogP contribution in [-0.2, 0) is 11.3 Å². The van der Waals surface area contributed by atoms with Crippen LogP contribution in [0.1, 0.15) is 21.7 Å². The Bertz CT molecular complexity index is 1690. The summed E-state index contributed by atoms with van der Waals surface area (Å²) in [5.41, 5.74) is 2.49. The fraction of sp³-hybridized carbons (Fsp3) is 0.129. The number of rotatable bonds is 11. The van der Waals surface area contributed by atoms with Gasteiger partial charge in [-0.15, -0.1) is 0 Å². The fourth-order valence-electron chi connectivity index (χ4n) is 4.05. The Morgan fingerprint density at radius 2 is 1.60 bits per heavy atom. The van der Waals surface area contributed by atoms with Crippen LogP contribution in [0.5, 0.6) is 17.2 Å². The average Bonchev–Trinajstić information content (AvgIpc) is 3.65. The van der Waals surface area contributed by atoms with Crippen LogP contribution in [-0.4, -0.2) is 38.1 Å². The first-order chi connectivity index (χ1) is 20.5. The van der Waals surface area contributed by atoms with Gasteiger partial charge in [-0.3, -0.25) is 9.59 Å². The molecule has 11 heteroatoms. The summed E-state index contributed by atoms with van der Waals surface area (Å²) in [6, 6.07) is 22.9. The largest absolute Gasteiger partial charge is 0.493 e. The molecule has 0 radical (unpaired) electrons. The molecule has 0 unspecified atom stereocenters. The lowest BCUT2D eigenvalue weighted by Crippen LogP contribution is -2.34. The third-order valence-electron chi connectivity index (χ3n) is 6.06. The van der Waals surface area contributed by atoms with E-state index >= 15 is 0 Å². The molecule has 0 saturated heterocycles. The minimum absolute atomic E-state index is 0.0101. The SMILES string of the molecule is COc1cc(CNC(=O)C(=Cc2ccc(Sc3nc4ccccc4o3)o2)NC(=O)c2ccccc2)cc(OC)c1OC. The predicted molar refractivity (Wildman–Crippen MR) is 157 cm³/mol. The van der Waals surface area contributed by atoms with Crippen LogP contribution < -0.4 is 24.8 Å². The molecule has 5 aromatic rings. The monoisotopic (exact) mass is 585 g/mol. The Morgan fingerprint density at radius 1 is 0.881 bits per heavy atom. The van der Waals surface area contributed by atoms with E-state index in [0.29, 0.717) is 50.0 Å². The number of carbonyl (C=O) groups is 2. The molecule has 10 nitrogen and oxygen atoms in total. The van der Waals surface area contributed by atoms with Gasteiger partial charge in [0, 0.05) is 29.9 Å². The summed E-state index contributed by atoms with van der Waals surface area (Å²) in [4.78, 5) is 30.8. The third kappa shape index (κ3) is 6.58. The van der Waals surface area contributed by atoms with Gasteiger partial charge in [-0.1, -0.05) is 30.3 Å². The second-order valence-electron chi connectivity index (χ2n) is 8.80. The van der Waals surface area contributed by atoms with E-state index in [9.17, 15) is 9.59 Å². The Balaban J connectivity index is 1.37. The van der Waals surface area contributed by atoms with E-state index in [1.165, 1.54) is 39.2 Å². The number of nitrogens with one attached hydrogen (secondary N) is 2. The second-order valence-corrected chi connectivity index (χ2v) is 9.76. The molecule has 5 rings (SSSR count). The maximum atomic E-state index is 13.4. The van der Waals surface area contributed by atoms with Crippen molar-refractivity contribution >= 4 is 40.8 Å². The molecule has 0 aliphatic rings. The molecule has 0 aliphatic heterocycles. The van der Waals surface area contributed by atoms with Crippen LogP contribution in [0.2, 0.25) is 0 Å². The Labute approximate surface area is 245 Å². The van der Waals surface area contributed by atoms with E-state index in [1.54, 1.807) is 54.6 Å². The highest BCUT2D eigenvalue weighted by Crippen LogP contribution is 2.38. The maximum Gasteiger partial charge on any atom is 0.268 e. The van der Waals surface area contributed by atoms with Gasteiger partial charge < -0.3 is 33.7 Å². The van der Waals surface area contributed by atoms with Crippen molar-refractivity contribution in [2.24, 2.45) is 0 Å². The molecule has 0 fully saturated rings. The van der Waals surface area contributed by atoms with Crippen LogP contribution in [0, 0.1) is 0 Å². The van der Waals surface area contributed by atoms with E-state index in [2.05, 4.69) is 15.6 Å². The van der Waals surface area contributed by atoms with E-state index in [0.717, 1.165) is 5.52 Å². The van der Waals surface area contributed by atoms with Gasteiger partial charge in [0.2, 0.25) is 5.75 Å². The minimum Gasteiger partial charge on any atom is -0.493 e. The zero-order valence-corrected chi connectivity index (χ0v) is 23.8. The molecule has 2 N–H and O–H groups in total. The molecule has 0 aliphatic carbocycles. The molecule has 42 heavy (non-hydrogen) atoms. The number of para-hydroxylation sites is 2. The molecule has 214 valence electrons. The fourth-order valence-corrected chi connectivity index (χ4v) is 4.77.